The van der Waals surface area contributed by atoms with E-state index in [4.69, 9.17) is 5.26 Å². The van der Waals surface area contributed by atoms with Crippen LogP contribution in [0.1, 0.15) is 27.2 Å². The Hall–Kier alpha value is -1.08. The van der Waals surface area contributed by atoms with Crippen molar-refractivity contribution in [3.8, 4) is 6.07 Å². The van der Waals surface area contributed by atoms with E-state index in [-0.39, 0.29) is 17.9 Å². The zero-order valence-electron chi connectivity index (χ0n) is 9.63. The van der Waals surface area contributed by atoms with Crippen molar-refractivity contribution in [1.29, 1.82) is 5.26 Å². The summed E-state index contributed by atoms with van der Waals surface area (Å²) in [6.07, 6.45) is 0.889. The summed E-state index contributed by atoms with van der Waals surface area (Å²) < 4.78 is 0. The molecule has 4 nitrogen and oxygen atoms in total. The maximum absolute atomic E-state index is 11.8. The Morgan fingerprint density at radius 2 is 2.33 bits per heavy atom. The molecule has 84 valence electrons. The zero-order valence-corrected chi connectivity index (χ0v) is 9.63. The van der Waals surface area contributed by atoms with Crippen LogP contribution in [0.25, 0.3) is 0 Å². The third-order valence-electron chi connectivity index (χ3n) is 2.87. The molecule has 1 saturated heterocycles. The van der Waals surface area contributed by atoms with E-state index in [1.165, 1.54) is 0 Å². The average Bonchev–Trinajstić information content (AvgIpc) is 2.61. The van der Waals surface area contributed by atoms with E-state index in [1.54, 1.807) is 0 Å². The Balaban J connectivity index is 2.40. The minimum absolute atomic E-state index is 0.0551. The summed E-state index contributed by atoms with van der Waals surface area (Å²) in [7, 11) is 0. The highest BCUT2D eigenvalue weighted by molar-refractivity contribution is 5.79. The van der Waals surface area contributed by atoms with Crippen LogP contribution in [0.3, 0.4) is 0 Å². The average molecular weight is 209 g/mol. The molecule has 0 bridgehead atoms. The molecule has 1 amide bonds. The molecule has 0 aliphatic carbocycles. The molecule has 2 unspecified atom stereocenters. The van der Waals surface area contributed by atoms with Gasteiger partial charge in [0.05, 0.1) is 17.4 Å². The third-order valence-corrected chi connectivity index (χ3v) is 2.87. The predicted octanol–water partition coefficient (Wildman–Crippen LogP) is 0.650. The van der Waals surface area contributed by atoms with Crippen molar-refractivity contribution in [2.75, 3.05) is 13.1 Å². The third kappa shape index (κ3) is 3.21. The number of hydrogen-bond donors (Lipinski definition) is 2. The predicted molar refractivity (Wildman–Crippen MR) is 58.0 cm³/mol. The largest absolute Gasteiger partial charge is 0.354 e. The van der Waals surface area contributed by atoms with E-state index < -0.39 is 5.41 Å². The van der Waals surface area contributed by atoms with Gasteiger partial charge >= 0.3 is 0 Å². The first-order valence-corrected chi connectivity index (χ1v) is 5.38. The van der Waals surface area contributed by atoms with Crippen molar-refractivity contribution in [3.63, 3.8) is 0 Å². The van der Waals surface area contributed by atoms with E-state index in [0.717, 1.165) is 13.0 Å². The van der Waals surface area contributed by atoms with E-state index in [9.17, 15) is 4.79 Å². The van der Waals surface area contributed by atoms with Crippen LogP contribution in [-0.2, 0) is 4.79 Å². The first kappa shape index (κ1) is 12.0. The van der Waals surface area contributed by atoms with Gasteiger partial charge in [-0.05, 0) is 33.7 Å². The second-order valence-corrected chi connectivity index (χ2v) is 4.85. The van der Waals surface area contributed by atoms with Crippen LogP contribution in [0.2, 0.25) is 0 Å². The van der Waals surface area contributed by atoms with Gasteiger partial charge in [0, 0.05) is 12.6 Å². The fraction of sp³-hybridized carbons (Fsp3) is 0.818. The van der Waals surface area contributed by atoms with Gasteiger partial charge in [-0.25, -0.2) is 0 Å². The number of rotatable bonds is 3. The molecule has 0 aromatic carbocycles. The summed E-state index contributed by atoms with van der Waals surface area (Å²) in [5, 5.41) is 14.9. The molecular formula is C11H19N3O. The van der Waals surface area contributed by atoms with Crippen LogP contribution >= 0.6 is 0 Å². The van der Waals surface area contributed by atoms with Crippen LogP contribution < -0.4 is 10.6 Å². The number of hydrogen-bond acceptors (Lipinski definition) is 3. The first-order valence-electron chi connectivity index (χ1n) is 5.38. The molecule has 15 heavy (non-hydrogen) atoms. The molecule has 2 atom stereocenters. The van der Waals surface area contributed by atoms with Crippen LogP contribution in [0, 0.1) is 22.7 Å². The van der Waals surface area contributed by atoms with E-state index in [0.29, 0.717) is 6.54 Å². The number of amides is 1. The second kappa shape index (κ2) is 4.63. The summed E-state index contributed by atoms with van der Waals surface area (Å²) in [4.78, 5) is 11.8. The fourth-order valence-corrected chi connectivity index (χ4v) is 1.70. The standard InChI is InChI=1S/C11H19N3O/c1-8-9(4-5-13-8)10(15)14-7-11(2,3)6-12/h8-9,13H,4-5,7H2,1-3H3,(H,14,15). The Kier molecular flexibility index (Phi) is 3.70. The molecule has 1 aliphatic heterocycles. The highest BCUT2D eigenvalue weighted by atomic mass is 16.1. The SMILES string of the molecule is CC1NCCC1C(=O)NCC(C)(C)C#N. The van der Waals surface area contributed by atoms with Gasteiger partial charge in [0.15, 0.2) is 0 Å². The maximum atomic E-state index is 11.8. The van der Waals surface area contributed by atoms with Crippen molar-refractivity contribution < 1.29 is 4.79 Å². The molecule has 0 saturated carbocycles. The van der Waals surface area contributed by atoms with Gasteiger partial charge in [0.2, 0.25) is 5.91 Å². The number of nitriles is 1. The minimum Gasteiger partial charge on any atom is -0.354 e. The van der Waals surface area contributed by atoms with Crippen LogP contribution in [-0.4, -0.2) is 25.0 Å². The Bertz CT molecular complexity index is 280. The summed E-state index contributed by atoms with van der Waals surface area (Å²) in [5.74, 6) is 0.121. The number of nitrogens with zero attached hydrogens (tertiary/aromatic N) is 1. The molecule has 0 radical (unpaired) electrons. The Morgan fingerprint density at radius 3 is 2.80 bits per heavy atom. The number of carbonyl (C=O) groups excluding carboxylic acids is 1. The van der Waals surface area contributed by atoms with Crippen molar-refractivity contribution >= 4 is 5.91 Å². The lowest BCUT2D eigenvalue weighted by molar-refractivity contribution is -0.125. The molecule has 1 rings (SSSR count). The molecule has 1 heterocycles. The second-order valence-electron chi connectivity index (χ2n) is 4.85. The lowest BCUT2D eigenvalue weighted by Crippen LogP contribution is -2.40. The van der Waals surface area contributed by atoms with Crippen molar-refractivity contribution in [3.05, 3.63) is 0 Å². The van der Waals surface area contributed by atoms with E-state index in [2.05, 4.69) is 16.7 Å². The molecular weight excluding hydrogens is 190 g/mol. The summed E-state index contributed by atoms with van der Waals surface area (Å²) in [6.45, 7) is 6.99. The number of nitrogens with one attached hydrogen (secondary N) is 2. The minimum atomic E-state index is -0.481. The maximum Gasteiger partial charge on any atom is 0.224 e. The molecule has 0 spiro atoms. The lowest BCUT2D eigenvalue weighted by Gasteiger charge is -2.19. The van der Waals surface area contributed by atoms with Gasteiger partial charge in [-0.15, -0.1) is 0 Å². The summed E-state index contributed by atoms with van der Waals surface area (Å²) in [6, 6.07) is 2.41. The summed E-state index contributed by atoms with van der Waals surface area (Å²) >= 11 is 0. The van der Waals surface area contributed by atoms with Gasteiger partial charge < -0.3 is 10.6 Å². The zero-order chi connectivity index (χ0) is 11.5. The van der Waals surface area contributed by atoms with Crippen LogP contribution in [0.4, 0.5) is 0 Å². The van der Waals surface area contributed by atoms with Crippen molar-refractivity contribution in [2.24, 2.45) is 11.3 Å². The van der Waals surface area contributed by atoms with Crippen LogP contribution in [0.15, 0.2) is 0 Å². The van der Waals surface area contributed by atoms with Gasteiger partial charge in [-0.1, -0.05) is 0 Å². The van der Waals surface area contributed by atoms with Gasteiger partial charge in [-0.3, -0.25) is 4.79 Å². The monoisotopic (exact) mass is 209 g/mol. The molecule has 1 aliphatic rings. The molecule has 0 aromatic heterocycles. The highest BCUT2D eigenvalue weighted by Gasteiger charge is 2.30. The molecule has 2 N–H and O–H groups in total. The molecule has 4 heteroatoms. The molecule has 0 aromatic rings. The number of carbonyl (C=O) groups is 1. The van der Waals surface area contributed by atoms with E-state index >= 15 is 0 Å². The Morgan fingerprint density at radius 1 is 1.67 bits per heavy atom. The summed E-state index contributed by atoms with van der Waals surface area (Å²) in [5.41, 5.74) is -0.481. The van der Waals surface area contributed by atoms with Crippen molar-refractivity contribution in [1.82, 2.24) is 10.6 Å². The normalized spacial score (nSPS) is 26.0. The van der Waals surface area contributed by atoms with Gasteiger partial charge in [0.1, 0.15) is 0 Å². The highest BCUT2D eigenvalue weighted by Crippen LogP contribution is 2.16. The Labute approximate surface area is 91.0 Å². The lowest BCUT2D eigenvalue weighted by atomic mass is 9.95. The fourth-order valence-electron chi connectivity index (χ4n) is 1.70. The van der Waals surface area contributed by atoms with Crippen molar-refractivity contribution in [2.45, 2.75) is 33.2 Å². The molecule has 1 fully saturated rings. The quantitative estimate of drug-likeness (QED) is 0.717. The first-order chi connectivity index (χ1) is 6.96. The van der Waals surface area contributed by atoms with Crippen LogP contribution in [0.5, 0.6) is 0 Å². The van der Waals surface area contributed by atoms with Gasteiger partial charge in [0.25, 0.3) is 0 Å². The topological polar surface area (TPSA) is 64.9 Å². The van der Waals surface area contributed by atoms with E-state index in [1.807, 2.05) is 20.8 Å². The smallest absolute Gasteiger partial charge is 0.224 e. The van der Waals surface area contributed by atoms with Gasteiger partial charge in [-0.2, -0.15) is 5.26 Å².